The molecule has 0 bridgehead atoms. The first-order chi connectivity index (χ1) is 16.3. The molecule has 1 saturated heterocycles. The zero-order valence-corrected chi connectivity index (χ0v) is 20.3. The summed E-state index contributed by atoms with van der Waals surface area (Å²) in [6.07, 6.45) is 3.89. The van der Waals surface area contributed by atoms with Crippen LogP contribution in [-0.2, 0) is 14.3 Å². The van der Waals surface area contributed by atoms with Crippen molar-refractivity contribution < 1.29 is 24.2 Å². The highest BCUT2D eigenvalue weighted by atomic mass is 16.5. The number of amides is 1. The Morgan fingerprint density at radius 3 is 2.56 bits per heavy atom. The third kappa shape index (κ3) is 4.61. The normalized spacial score (nSPS) is 17.6. The SMILES string of the molecule is CCN(CC)CCCN1C(=O)C(=O)/C(=C(/O)c2c(C)[nH]c(C(=O)OC)c2C)[C@@H]1c1cccnc1. The van der Waals surface area contributed by atoms with Crippen molar-refractivity contribution in [1.29, 1.82) is 0 Å². The fourth-order valence-corrected chi connectivity index (χ4v) is 4.55. The van der Waals surface area contributed by atoms with Crippen LogP contribution in [0.2, 0.25) is 0 Å². The summed E-state index contributed by atoms with van der Waals surface area (Å²) < 4.78 is 4.81. The maximum atomic E-state index is 13.2. The molecule has 0 spiro atoms. The fraction of sp³-hybridized carbons (Fsp3) is 0.440. The van der Waals surface area contributed by atoms with Crippen LogP contribution in [0.3, 0.4) is 0 Å². The zero-order chi connectivity index (χ0) is 25.0. The van der Waals surface area contributed by atoms with E-state index < -0.39 is 23.7 Å². The number of esters is 1. The summed E-state index contributed by atoms with van der Waals surface area (Å²) in [7, 11) is 1.27. The van der Waals surface area contributed by atoms with Gasteiger partial charge in [-0.2, -0.15) is 0 Å². The summed E-state index contributed by atoms with van der Waals surface area (Å²) in [5, 5.41) is 11.4. The molecule has 1 aliphatic heterocycles. The van der Waals surface area contributed by atoms with E-state index in [2.05, 4.69) is 28.7 Å². The smallest absolute Gasteiger partial charge is 0.354 e. The van der Waals surface area contributed by atoms with E-state index in [0.717, 1.165) is 19.6 Å². The van der Waals surface area contributed by atoms with Crippen LogP contribution in [0.4, 0.5) is 0 Å². The first kappa shape index (κ1) is 25.2. The summed E-state index contributed by atoms with van der Waals surface area (Å²) >= 11 is 0. The molecular weight excluding hydrogens is 436 g/mol. The molecule has 0 aliphatic carbocycles. The summed E-state index contributed by atoms with van der Waals surface area (Å²) in [5.74, 6) is -2.32. The number of pyridine rings is 1. The lowest BCUT2D eigenvalue weighted by molar-refractivity contribution is -0.140. The van der Waals surface area contributed by atoms with Crippen LogP contribution >= 0.6 is 0 Å². The lowest BCUT2D eigenvalue weighted by Crippen LogP contribution is -2.33. The topological polar surface area (TPSA) is 116 Å². The molecular formula is C25H32N4O5. The number of hydrogen-bond donors (Lipinski definition) is 2. The number of hydrogen-bond acceptors (Lipinski definition) is 7. The highest BCUT2D eigenvalue weighted by Crippen LogP contribution is 2.40. The molecule has 0 aromatic carbocycles. The molecule has 1 fully saturated rings. The molecule has 3 heterocycles. The minimum absolute atomic E-state index is 0.0116. The molecule has 9 heteroatoms. The van der Waals surface area contributed by atoms with Crippen LogP contribution in [-0.4, -0.2) is 75.8 Å². The maximum Gasteiger partial charge on any atom is 0.354 e. The van der Waals surface area contributed by atoms with Gasteiger partial charge in [0.2, 0.25) is 0 Å². The van der Waals surface area contributed by atoms with Crippen LogP contribution in [0.25, 0.3) is 5.76 Å². The number of likely N-dealkylation sites (tertiary alicyclic amines) is 1. The molecule has 2 aromatic rings. The summed E-state index contributed by atoms with van der Waals surface area (Å²) in [6, 6.07) is 2.74. The van der Waals surface area contributed by atoms with Crippen LogP contribution in [0.1, 0.15) is 59.2 Å². The summed E-state index contributed by atoms with van der Waals surface area (Å²) in [5.41, 5.74) is 2.06. The van der Waals surface area contributed by atoms with Gasteiger partial charge < -0.3 is 24.6 Å². The highest BCUT2D eigenvalue weighted by Gasteiger charge is 2.46. The number of aromatic nitrogens is 2. The Morgan fingerprint density at radius 1 is 1.26 bits per heavy atom. The zero-order valence-electron chi connectivity index (χ0n) is 20.3. The van der Waals surface area contributed by atoms with E-state index in [-0.39, 0.29) is 17.0 Å². The number of H-pyrrole nitrogens is 1. The number of aromatic amines is 1. The van der Waals surface area contributed by atoms with Crippen LogP contribution < -0.4 is 0 Å². The third-order valence-electron chi connectivity index (χ3n) is 6.37. The predicted octanol–water partition coefficient (Wildman–Crippen LogP) is 2.97. The van der Waals surface area contributed by atoms with Gasteiger partial charge >= 0.3 is 5.97 Å². The standard InChI is InChI=1S/C25H32N4O5/c1-6-28(7-2)12-9-13-29-21(17-10-8-11-26-14-17)19(23(31)24(29)32)22(30)18-15(3)20(25(33)34-5)27-16(18)4/h8,10-11,14,21,27,30H,6-7,9,12-13H2,1-5H3/b22-19+/t21-/m0/s1. The molecule has 0 saturated carbocycles. The number of ketones is 1. The monoisotopic (exact) mass is 468 g/mol. The lowest BCUT2D eigenvalue weighted by Gasteiger charge is -2.26. The lowest BCUT2D eigenvalue weighted by atomic mass is 9.95. The van der Waals surface area contributed by atoms with Gasteiger partial charge in [-0.1, -0.05) is 19.9 Å². The number of ether oxygens (including phenoxy) is 1. The number of aliphatic hydroxyl groups is 1. The number of rotatable bonds is 9. The van der Waals surface area contributed by atoms with E-state index in [4.69, 9.17) is 4.74 Å². The molecule has 1 aliphatic rings. The minimum atomic E-state index is -0.777. The molecule has 2 N–H and O–H groups in total. The van der Waals surface area contributed by atoms with Crippen molar-refractivity contribution in [1.82, 2.24) is 19.8 Å². The molecule has 3 rings (SSSR count). The second kappa shape index (κ2) is 10.6. The third-order valence-corrected chi connectivity index (χ3v) is 6.37. The molecule has 0 radical (unpaired) electrons. The van der Waals surface area contributed by atoms with E-state index in [1.165, 1.54) is 12.0 Å². The van der Waals surface area contributed by atoms with E-state index >= 15 is 0 Å². The number of carbonyl (C=O) groups excluding carboxylic acids is 3. The van der Waals surface area contributed by atoms with Crippen LogP contribution in [0.15, 0.2) is 30.1 Å². The van der Waals surface area contributed by atoms with Gasteiger partial charge in [0.05, 0.1) is 18.7 Å². The van der Waals surface area contributed by atoms with Gasteiger partial charge in [0.25, 0.3) is 11.7 Å². The van der Waals surface area contributed by atoms with Crippen molar-refractivity contribution in [3.05, 3.63) is 58.2 Å². The van der Waals surface area contributed by atoms with Gasteiger partial charge in [-0.25, -0.2) is 4.79 Å². The summed E-state index contributed by atoms with van der Waals surface area (Å²) in [4.78, 5) is 49.3. The van der Waals surface area contributed by atoms with E-state index in [1.54, 1.807) is 38.4 Å². The predicted molar refractivity (Wildman–Crippen MR) is 127 cm³/mol. The second-order valence-corrected chi connectivity index (χ2v) is 8.28. The van der Waals surface area contributed by atoms with Crippen LogP contribution in [0, 0.1) is 13.8 Å². The van der Waals surface area contributed by atoms with Crippen molar-refractivity contribution >= 4 is 23.4 Å². The van der Waals surface area contributed by atoms with Crippen LogP contribution in [0.5, 0.6) is 0 Å². The van der Waals surface area contributed by atoms with Gasteiger partial charge in [0, 0.05) is 30.2 Å². The van der Waals surface area contributed by atoms with E-state index in [1.807, 2.05) is 0 Å². The molecule has 0 unspecified atom stereocenters. The van der Waals surface area contributed by atoms with Gasteiger partial charge in [0.15, 0.2) is 0 Å². The number of aliphatic hydroxyl groups excluding tert-OH is 1. The van der Waals surface area contributed by atoms with Crippen molar-refractivity contribution in [3.63, 3.8) is 0 Å². The Labute approximate surface area is 199 Å². The minimum Gasteiger partial charge on any atom is -0.507 e. The Kier molecular flexibility index (Phi) is 7.88. The number of methoxy groups -OCH3 is 1. The first-order valence-corrected chi connectivity index (χ1v) is 11.4. The van der Waals surface area contributed by atoms with Crippen molar-refractivity contribution in [2.75, 3.05) is 33.3 Å². The number of nitrogens with zero attached hydrogens (tertiary/aromatic N) is 3. The Balaban J connectivity index is 2.09. The maximum absolute atomic E-state index is 13.2. The average Bonchev–Trinajstić information content (AvgIpc) is 3.28. The van der Waals surface area contributed by atoms with Crippen molar-refractivity contribution in [3.8, 4) is 0 Å². The Morgan fingerprint density at radius 2 is 1.97 bits per heavy atom. The van der Waals surface area contributed by atoms with E-state index in [0.29, 0.717) is 35.3 Å². The molecule has 34 heavy (non-hydrogen) atoms. The molecule has 1 amide bonds. The van der Waals surface area contributed by atoms with Crippen molar-refractivity contribution in [2.45, 2.75) is 40.2 Å². The fourth-order valence-electron chi connectivity index (χ4n) is 4.55. The molecule has 1 atom stereocenters. The highest BCUT2D eigenvalue weighted by molar-refractivity contribution is 6.46. The summed E-state index contributed by atoms with van der Waals surface area (Å²) in [6.45, 7) is 10.4. The largest absolute Gasteiger partial charge is 0.507 e. The first-order valence-electron chi connectivity index (χ1n) is 11.4. The Hall–Kier alpha value is -3.46. The Bertz CT molecular complexity index is 1100. The van der Waals surface area contributed by atoms with Gasteiger partial charge in [0.1, 0.15) is 11.5 Å². The number of Topliss-reactive ketones (excluding diaryl/α,β-unsaturated/α-hetero) is 1. The number of aryl methyl sites for hydroxylation is 1. The average molecular weight is 469 g/mol. The van der Waals surface area contributed by atoms with Gasteiger partial charge in [-0.15, -0.1) is 0 Å². The number of carbonyl (C=O) groups is 3. The second-order valence-electron chi connectivity index (χ2n) is 8.28. The molecule has 9 nitrogen and oxygen atoms in total. The quantitative estimate of drug-likeness (QED) is 0.252. The van der Waals surface area contributed by atoms with Gasteiger partial charge in [-0.05, 0) is 57.1 Å². The molecule has 2 aromatic heterocycles. The number of nitrogens with one attached hydrogen (secondary N) is 1. The van der Waals surface area contributed by atoms with Gasteiger partial charge in [-0.3, -0.25) is 14.6 Å². The molecule has 182 valence electrons. The van der Waals surface area contributed by atoms with Crippen molar-refractivity contribution in [2.24, 2.45) is 0 Å². The van der Waals surface area contributed by atoms with E-state index in [9.17, 15) is 19.5 Å².